The molecule has 0 rings (SSSR count). The van der Waals surface area contributed by atoms with Crippen LogP contribution in [0.3, 0.4) is 0 Å². The molecule has 0 aromatic carbocycles. The number of ether oxygens (including phenoxy) is 4. The number of esters is 2. The van der Waals surface area contributed by atoms with Crippen LogP contribution in [0.4, 0.5) is 0 Å². The Morgan fingerprint density at radius 3 is 1.04 bits per heavy atom. The predicted molar refractivity (Wildman–Crippen MR) is 327 cm³/mol. The molecule has 0 spiro atoms. The Morgan fingerprint density at radius 2 is 0.701 bits per heavy atom. The summed E-state index contributed by atoms with van der Waals surface area (Å²) >= 11 is 0. The average Bonchev–Trinajstić information content (AvgIpc) is 3.40. The first-order valence-electron chi connectivity index (χ1n) is 32.5. The molecule has 2 atom stereocenters. The second kappa shape index (κ2) is 59.1. The van der Waals surface area contributed by atoms with Gasteiger partial charge in [0.05, 0.1) is 34.4 Å². The molecule has 0 heterocycles. The molecule has 77 heavy (non-hydrogen) atoms. The van der Waals surface area contributed by atoms with E-state index in [1.54, 1.807) is 0 Å². The zero-order valence-corrected chi connectivity index (χ0v) is 51.1. The molecular formula is C68H124NO8+. The number of aliphatic carboxylic acids is 1. The number of hydrogen-bond acceptors (Lipinski definition) is 7. The maximum atomic E-state index is 12.9. The van der Waals surface area contributed by atoms with Gasteiger partial charge in [-0.05, 0) is 83.5 Å². The van der Waals surface area contributed by atoms with Crippen LogP contribution in [-0.4, -0.2) is 87.4 Å². The van der Waals surface area contributed by atoms with Gasteiger partial charge in [-0.25, -0.2) is 4.79 Å². The van der Waals surface area contributed by atoms with Gasteiger partial charge in [-0.2, -0.15) is 0 Å². The monoisotopic (exact) mass is 1080 g/mol. The lowest BCUT2D eigenvalue weighted by Gasteiger charge is -2.25. The van der Waals surface area contributed by atoms with E-state index in [2.05, 4.69) is 74.6 Å². The van der Waals surface area contributed by atoms with Crippen molar-refractivity contribution in [2.75, 3.05) is 47.5 Å². The molecule has 0 fully saturated rings. The van der Waals surface area contributed by atoms with Gasteiger partial charge < -0.3 is 28.5 Å². The van der Waals surface area contributed by atoms with Crippen LogP contribution >= 0.6 is 0 Å². The minimum atomic E-state index is -1.51. The first-order chi connectivity index (χ1) is 37.6. The van der Waals surface area contributed by atoms with Gasteiger partial charge in [0.25, 0.3) is 6.29 Å². The highest BCUT2D eigenvalue weighted by Gasteiger charge is 2.25. The van der Waals surface area contributed by atoms with Crippen molar-refractivity contribution in [1.29, 1.82) is 0 Å². The Bertz CT molecular complexity index is 1450. The number of carbonyl (C=O) groups is 3. The average molecular weight is 1080 g/mol. The van der Waals surface area contributed by atoms with Gasteiger partial charge in [0.2, 0.25) is 0 Å². The van der Waals surface area contributed by atoms with Gasteiger partial charge >= 0.3 is 17.9 Å². The molecule has 0 aliphatic carbocycles. The lowest BCUT2D eigenvalue weighted by atomic mass is 10.0. The van der Waals surface area contributed by atoms with Crippen LogP contribution < -0.4 is 0 Å². The summed E-state index contributed by atoms with van der Waals surface area (Å²) < 4.78 is 22.9. The van der Waals surface area contributed by atoms with E-state index in [4.69, 9.17) is 18.9 Å². The molecule has 0 amide bonds. The van der Waals surface area contributed by atoms with Gasteiger partial charge in [0.1, 0.15) is 13.2 Å². The minimum Gasteiger partial charge on any atom is -0.477 e. The number of rotatable bonds is 60. The van der Waals surface area contributed by atoms with Crippen LogP contribution in [0.5, 0.6) is 0 Å². The van der Waals surface area contributed by atoms with Crippen LogP contribution in [0.15, 0.2) is 60.8 Å². The second-order valence-electron chi connectivity index (χ2n) is 23.1. The van der Waals surface area contributed by atoms with Crippen LogP contribution in [0.25, 0.3) is 0 Å². The fraction of sp³-hybridized carbons (Fsp3) is 0.809. The third kappa shape index (κ3) is 60.5. The first kappa shape index (κ1) is 74.0. The van der Waals surface area contributed by atoms with Crippen molar-refractivity contribution < 1.29 is 42.9 Å². The second-order valence-corrected chi connectivity index (χ2v) is 23.1. The summed E-state index contributed by atoms with van der Waals surface area (Å²) in [5.41, 5.74) is 0. The largest absolute Gasteiger partial charge is 0.477 e. The van der Waals surface area contributed by atoms with Crippen molar-refractivity contribution in [3.8, 4) is 0 Å². The number of allylic oxidation sites excluding steroid dienone is 10. The van der Waals surface area contributed by atoms with E-state index in [-0.39, 0.29) is 32.2 Å². The van der Waals surface area contributed by atoms with Crippen molar-refractivity contribution in [2.45, 2.75) is 309 Å². The zero-order chi connectivity index (χ0) is 56.2. The van der Waals surface area contributed by atoms with Gasteiger partial charge in [0, 0.05) is 12.8 Å². The minimum absolute atomic E-state index is 0.183. The number of unbranched alkanes of at least 4 members (excludes halogenated alkanes) is 35. The van der Waals surface area contributed by atoms with Crippen molar-refractivity contribution in [2.24, 2.45) is 0 Å². The Hall–Kier alpha value is -3.01. The third-order valence-corrected chi connectivity index (χ3v) is 14.2. The summed E-state index contributed by atoms with van der Waals surface area (Å²) in [6, 6.07) is 0. The lowest BCUT2D eigenvalue weighted by molar-refractivity contribution is -0.870. The molecule has 2 unspecified atom stereocenters. The summed E-state index contributed by atoms with van der Waals surface area (Å²) in [5, 5.41) is 9.73. The van der Waals surface area contributed by atoms with E-state index in [1.807, 2.05) is 21.1 Å². The van der Waals surface area contributed by atoms with E-state index in [0.717, 1.165) is 57.8 Å². The molecule has 9 nitrogen and oxygen atoms in total. The van der Waals surface area contributed by atoms with Gasteiger partial charge in [0.15, 0.2) is 6.10 Å². The predicted octanol–water partition coefficient (Wildman–Crippen LogP) is 19.6. The van der Waals surface area contributed by atoms with Crippen LogP contribution in [0, 0.1) is 0 Å². The van der Waals surface area contributed by atoms with Gasteiger partial charge in [-0.15, -0.1) is 0 Å². The van der Waals surface area contributed by atoms with Crippen LogP contribution in [-0.2, 0) is 33.3 Å². The number of likely N-dealkylation sites (N-methyl/N-ethyl adjacent to an activating group) is 1. The standard InChI is InChI=1S/C68H123NO8/c1-6-8-10-12-14-16-18-20-22-24-26-28-29-30-31-32-33-34-35-36-37-39-41-43-45-47-49-51-53-55-57-59-66(71)77-64(63-76-68(67(72)73)74-61-60-69(3,4)5)62-75-65(70)58-56-54-52-50-48-46-44-42-40-38-27-25-23-21-19-17-15-13-11-9-7-2/h18-21,24-27,29-30,64,68H,6-17,22-23,28,31-63H2,1-5H3/p+1/b20-18-,21-19-,26-24-,27-25-,30-29-. The number of hydrogen-bond donors (Lipinski definition) is 1. The zero-order valence-electron chi connectivity index (χ0n) is 51.1. The fourth-order valence-electron chi connectivity index (χ4n) is 9.23. The molecule has 0 bridgehead atoms. The fourth-order valence-corrected chi connectivity index (χ4v) is 9.23. The maximum absolute atomic E-state index is 12.9. The first-order valence-corrected chi connectivity index (χ1v) is 32.5. The van der Waals surface area contributed by atoms with E-state index < -0.39 is 24.3 Å². The molecule has 0 aliphatic rings. The number of nitrogens with zero attached hydrogens (tertiary/aromatic N) is 1. The molecule has 448 valence electrons. The molecular weight excluding hydrogens is 959 g/mol. The summed E-state index contributed by atoms with van der Waals surface area (Å²) in [5.74, 6) is -2.00. The Morgan fingerprint density at radius 1 is 0.390 bits per heavy atom. The number of carbonyl (C=O) groups excluding carboxylic acids is 2. The van der Waals surface area contributed by atoms with Crippen LogP contribution in [0.1, 0.15) is 296 Å². The number of quaternary nitrogens is 1. The quantitative estimate of drug-likeness (QED) is 0.0211. The summed E-state index contributed by atoms with van der Waals surface area (Å²) in [6.45, 7) is 4.88. The highest BCUT2D eigenvalue weighted by molar-refractivity contribution is 5.71. The third-order valence-electron chi connectivity index (χ3n) is 14.2. The maximum Gasteiger partial charge on any atom is 0.361 e. The lowest BCUT2D eigenvalue weighted by Crippen LogP contribution is -2.40. The van der Waals surface area contributed by atoms with E-state index in [9.17, 15) is 19.5 Å². The summed E-state index contributed by atoms with van der Waals surface area (Å²) in [4.78, 5) is 37.5. The van der Waals surface area contributed by atoms with Crippen molar-refractivity contribution >= 4 is 17.9 Å². The summed E-state index contributed by atoms with van der Waals surface area (Å²) in [7, 11) is 5.98. The molecule has 0 saturated carbocycles. The number of carboxylic acid groups (broad SMARTS) is 1. The van der Waals surface area contributed by atoms with Crippen molar-refractivity contribution in [3.05, 3.63) is 60.8 Å². The molecule has 0 radical (unpaired) electrons. The van der Waals surface area contributed by atoms with Gasteiger partial charge in [-0.3, -0.25) is 9.59 Å². The van der Waals surface area contributed by atoms with Crippen molar-refractivity contribution in [3.63, 3.8) is 0 Å². The molecule has 0 aromatic heterocycles. The topological polar surface area (TPSA) is 108 Å². The molecule has 9 heteroatoms. The normalized spacial score (nSPS) is 13.1. The molecule has 1 N–H and O–H groups in total. The van der Waals surface area contributed by atoms with Crippen LogP contribution in [0.2, 0.25) is 0 Å². The Balaban J connectivity index is 4.14. The SMILES string of the molecule is CCCCCCC/C=C\C/C=C\C/C=C\CCCCCCCCCCCCCCCCCCC(=O)OC(COC(=O)CCCCCCCCCCC/C=C\C/C=C\CCCCCCC)COC(OCC[N+](C)(C)C)C(=O)O. The van der Waals surface area contributed by atoms with E-state index >= 15 is 0 Å². The summed E-state index contributed by atoms with van der Waals surface area (Å²) in [6.07, 6.45) is 73.1. The molecule has 0 aromatic rings. The van der Waals surface area contributed by atoms with E-state index in [1.165, 1.54) is 212 Å². The smallest absolute Gasteiger partial charge is 0.361 e. The Labute approximate surface area is 475 Å². The Kier molecular flexibility index (Phi) is 56.8. The highest BCUT2D eigenvalue weighted by Crippen LogP contribution is 2.17. The molecule has 0 aliphatic heterocycles. The van der Waals surface area contributed by atoms with E-state index in [0.29, 0.717) is 17.4 Å². The van der Waals surface area contributed by atoms with Crippen molar-refractivity contribution in [1.82, 2.24) is 0 Å². The molecule has 0 saturated heterocycles. The van der Waals surface area contributed by atoms with Gasteiger partial charge in [-0.1, -0.05) is 261 Å². The highest BCUT2D eigenvalue weighted by atomic mass is 16.7. The number of carboxylic acids is 1.